The third kappa shape index (κ3) is 2.38. The van der Waals surface area contributed by atoms with Crippen molar-refractivity contribution in [2.75, 3.05) is 18.8 Å². The van der Waals surface area contributed by atoms with Crippen molar-refractivity contribution in [1.82, 2.24) is 24.4 Å². The summed E-state index contributed by atoms with van der Waals surface area (Å²) in [5, 5.41) is 0. The van der Waals surface area contributed by atoms with Crippen molar-refractivity contribution >= 4 is 16.7 Å². The molecule has 3 heterocycles. The molecule has 4 rings (SSSR count). The van der Waals surface area contributed by atoms with Crippen LogP contribution in [0.25, 0.3) is 11.0 Å². The Morgan fingerprint density at radius 3 is 3.19 bits per heavy atom. The highest BCUT2D eigenvalue weighted by Crippen LogP contribution is 2.16. The first-order valence-corrected chi connectivity index (χ1v) is 7.24. The summed E-state index contributed by atoms with van der Waals surface area (Å²) in [4.78, 5) is 14.8. The van der Waals surface area contributed by atoms with Crippen LogP contribution < -0.4 is 5.73 Å². The smallest absolute Gasteiger partial charge is 0.122 e. The fraction of sp³-hybridized carbons (Fsp3) is 0.333. The number of nitrogens with one attached hydrogen (secondary N) is 1. The monoisotopic (exact) mass is 282 g/mol. The predicted octanol–water partition coefficient (Wildman–Crippen LogP) is 1.40. The minimum Gasteiger partial charge on any atom is -0.399 e. The van der Waals surface area contributed by atoms with Crippen LogP contribution in [0.3, 0.4) is 0 Å². The Morgan fingerprint density at radius 2 is 2.24 bits per heavy atom. The van der Waals surface area contributed by atoms with E-state index in [-0.39, 0.29) is 0 Å². The maximum Gasteiger partial charge on any atom is 0.122 e. The zero-order valence-electron chi connectivity index (χ0n) is 11.8. The van der Waals surface area contributed by atoms with Crippen LogP contribution in [-0.4, -0.2) is 37.5 Å². The number of H-pyrrole nitrogens is 1. The Balaban J connectivity index is 1.44. The lowest BCUT2D eigenvalue weighted by Gasteiger charge is -2.27. The summed E-state index contributed by atoms with van der Waals surface area (Å²) in [7, 11) is 0. The number of rotatable bonds is 3. The van der Waals surface area contributed by atoms with Crippen LogP contribution >= 0.6 is 0 Å². The van der Waals surface area contributed by atoms with Crippen LogP contribution in [0, 0.1) is 0 Å². The molecule has 0 atom stereocenters. The van der Waals surface area contributed by atoms with E-state index in [2.05, 4.69) is 30.6 Å². The molecule has 0 saturated carbocycles. The van der Waals surface area contributed by atoms with Gasteiger partial charge >= 0.3 is 0 Å². The summed E-state index contributed by atoms with van der Waals surface area (Å²) in [6.07, 6.45) is 4.84. The molecule has 2 aromatic heterocycles. The van der Waals surface area contributed by atoms with Gasteiger partial charge in [-0.05, 0) is 18.2 Å². The van der Waals surface area contributed by atoms with Crippen molar-refractivity contribution in [3.63, 3.8) is 0 Å². The number of hydrogen-bond acceptors (Lipinski definition) is 4. The molecule has 0 amide bonds. The Labute approximate surface area is 122 Å². The van der Waals surface area contributed by atoms with E-state index in [1.165, 1.54) is 0 Å². The molecule has 0 saturated heterocycles. The van der Waals surface area contributed by atoms with Crippen molar-refractivity contribution < 1.29 is 0 Å². The lowest BCUT2D eigenvalue weighted by molar-refractivity contribution is 0.218. The van der Waals surface area contributed by atoms with Crippen molar-refractivity contribution in [1.29, 1.82) is 0 Å². The zero-order chi connectivity index (χ0) is 14.2. The summed E-state index contributed by atoms with van der Waals surface area (Å²) in [5.74, 6) is 2.17. The number of aromatic nitrogens is 4. The van der Waals surface area contributed by atoms with Gasteiger partial charge in [0.1, 0.15) is 11.6 Å². The number of nitrogen functional groups attached to an aromatic ring is 1. The fourth-order valence-corrected chi connectivity index (χ4v) is 2.88. The topological polar surface area (TPSA) is 75.8 Å². The first-order valence-electron chi connectivity index (χ1n) is 7.24. The number of anilines is 1. The molecular formula is C15H18N6. The minimum absolute atomic E-state index is 0.764. The fourth-order valence-electron chi connectivity index (χ4n) is 2.88. The number of nitrogens with two attached hydrogens (primary N) is 1. The summed E-state index contributed by atoms with van der Waals surface area (Å²) in [6.45, 7) is 3.99. The Morgan fingerprint density at radius 1 is 1.29 bits per heavy atom. The Hall–Kier alpha value is -2.34. The van der Waals surface area contributed by atoms with E-state index >= 15 is 0 Å². The normalized spacial score (nSPS) is 15.4. The highest BCUT2D eigenvalue weighted by Gasteiger charge is 2.16. The highest BCUT2D eigenvalue weighted by atomic mass is 15.2. The van der Waals surface area contributed by atoms with Gasteiger partial charge in [-0.2, -0.15) is 0 Å². The molecule has 0 unspecified atom stereocenters. The maximum atomic E-state index is 5.79. The van der Waals surface area contributed by atoms with Gasteiger partial charge < -0.3 is 15.3 Å². The van der Waals surface area contributed by atoms with Gasteiger partial charge in [0.25, 0.3) is 0 Å². The predicted molar refractivity (Wildman–Crippen MR) is 81.7 cm³/mol. The van der Waals surface area contributed by atoms with Crippen molar-refractivity contribution in [2.45, 2.75) is 19.5 Å². The molecule has 1 aliphatic rings. The lowest BCUT2D eigenvalue weighted by Crippen LogP contribution is -2.35. The molecule has 6 nitrogen and oxygen atoms in total. The van der Waals surface area contributed by atoms with E-state index in [0.717, 1.165) is 61.0 Å². The van der Waals surface area contributed by atoms with Gasteiger partial charge in [0.2, 0.25) is 0 Å². The average Bonchev–Trinajstić information content (AvgIpc) is 3.09. The first kappa shape index (κ1) is 12.4. The molecule has 3 N–H and O–H groups in total. The van der Waals surface area contributed by atoms with E-state index in [1.54, 1.807) is 0 Å². The van der Waals surface area contributed by atoms with Crippen LogP contribution in [0.5, 0.6) is 0 Å². The average molecular weight is 282 g/mol. The molecule has 0 fully saturated rings. The van der Waals surface area contributed by atoms with Crippen LogP contribution in [0.2, 0.25) is 0 Å². The lowest BCUT2D eigenvalue weighted by atomic mass is 10.3. The Kier molecular flexibility index (Phi) is 2.89. The van der Waals surface area contributed by atoms with Crippen LogP contribution in [0.4, 0.5) is 5.69 Å². The summed E-state index contributed by atoms with van der Waals surface area (Å²) in [5.41, 5.74) is 8.55. The van der Waals surface area contributed by atoms with Gasteiger partial charge in [-0.15, -0.1) is 0 Å². The van der Waals surface area contributed by atoms with E-state index in [1.807, 2.05) is 24.4 Å². The molecule has 108 valence electrons. The van der Waals surface area contributed by atoms with Gasteiger partial charge in [0.05, 0.1) is 17.6 Å². The Bertz CT molecular complexity index is 771. The molecular weight excluding hydrogens is 264 g/mol. The maximum absolute atomic E-state index is 5.79. The molecule has 21 heavy (non-hydrogen) atoms. The molecule has 1 aliphatic heterocycles. The van der Waals surface area contributed by atoms with Crippen molar-refractivity contribution in [3.8, 4) is 0 Å². The first-order chi connectivity index (χ1) is 10.3. The van der Waals surface area contributed by atoms with Crippen LogP contribution in [0.15, 0.2) is 30.6 Å². The molecule has 0 spiro atoms. The number of benzene rings is 1. The van der Waals surface area contributed by atoms with E-state index in [4.69, 9.17) is 5.73 Å². The number of fused-ring (bicyclic) bond motifs is 2. The van der Waals surface area contributed by atoms with Crippen molar-refractivity contribution in [2.24, 2.45) is 0 Å². The van der Waals surface area contributed by atoms with Gasteiger partial charge in [-0.3, -0.25) is 4.90 Å². The zero-order valence-corrected chi connectivity index (χ0v) is 11.8. The second-order valence-electron chi connectivity index (χ2n) is 5.52. The molecule has 0 bridgehead atoms. The quantitative estimate of drug-likeness (QED) is 0.712. The third-order valence-corrected chi connectivity index (χ3v) is 4.04. The third-order valence-electron chi connectivity index (χ3n) is 4.04. The van der Waals surface area contributed by atoms with E-state index < -0.39 is 0 Å². The summed E-state index contributed by atoms with van der Waals surface area (Å²) < 4.78 is 2.22. The SMILES string of the molecule is Nc1ccc2nc(CCN3CCn4ccnc4C3)[nH]c2c1. The standard InChI is InChI=1S/C15H18N6/c16-11-1-2-12-13(9-11)19-14(18-12)3-5-20-7-8-21-6-4-17-15(21)10-20/h1-2,4,6,9H,3,5,7-8,10,16H2,(H,18,19). The summed E-state index contributed by atoms with van der Waals surface area (Å²) >= 11 is 0. The molecule has 0 aliphatic carbocycles. The van der Waals surface area contributed by atoms with E-state index in [0.29, 0.717) is 0 Å². The molecule has 0 radical (unpaired) electrons. The minimum atomic E-state index is 0.764. The molecule has 6 heteroatoms. The second kappa shape index (κ2) is 4.89. The van der Waals surface area contributed by atoms with Gasteiger partial charge in [0, 0.05) is 44.1 Å². The van der Waals surface area contributed by atoms with Crippen LogP contribution in [-0.2, 0) is 19.5 Å². The van der Waals surface area contributed by atoms with Gasteiger partial charge in [-0.25, -0.2) is 9.97 Å². The largest absolute Gasteiger partial charge is 0.399 e. The van der Waals surface area contributed by atoms with Gasteiger partial charge in [0.15, 0.2) is 0 Å². The molecule has 3 aromatic rings. The van der Waals surface area contributed by atoms with Crippen molar-refractivity contribution in [3.05, 3.63) is 42.2 Å². The second-order valence-corrected chi connectivity index (χ2v) is 5.52. The number of nitrogens with zero attached hydrogens (tertiary/aromatic N) is 4. The van der Waals surface area contributed by atoms with E-state index in [9.17, 15) is 0 Å². The number of aromatic amines is 1. The molecule has 1 aromatic carbocycles. The number of imidazole rings is 2. The van der Waals surface area contributed by atoms with Gasteiger partial charge in [-0.1, -0.05) is 0 Å². The number of hydrogen-bond donors (Lipinski definition) is 2. The van der Waals surface area contributed by atoms with Crippen LogP contribution in [0.1, 0.15) is 11.6 Å². The highest BCUT2D eigenvalue weighted by molar-refractivity contribution is 5.78. The summed E-state index contributed by atoms with van der Waals surface area (Å²) in [6, 6.07) is 5.78.